The molecule has 0 spiro atoms. The van der Waals surface area contributed by atoms with E-state index in [1.54, 1.807) is 18.2 Å². The lowest BCUT2D eigenvalue weighted by Crippen LogP contribution is -1.97. The molecule has 4 aromatic rings. The highest BCUT2D eigenvalue weighted by atomic mass is 32.2. The van der Waals surface area contributed by atoms with Crippen molar-refractivity contribution in [2.75, 3.05) is 11.5 Å². The van der Waals surface area contributed by atoms with Gasteiger partial charge in [-0.05, 0) is 84.0 Å². The Morgan fingerprint density at radius 3 is 2.09 bits per heavy atom. The summed E-state index contributed by atoms with van der Waals surface area (Å²) in [4.78, 5) is -0.193. The van der Waals surface area contributed by atoms with Gasteiger partial charge in [0.2, 0.25) is 0 Å². The molecular weight excluding hydrogens is 424 g/mol. The summed E-state index contributed by atoms with van der Waals surface area (Å²) in [6, 6.07) is 19.4. The zero-order valence-corrected chi connectivity index (χ0v) is 18.4. The number of nitrogen functional groups attached to an aromatic ring is 2. The molecule has 0 bridgehead atoms. The summed E-state index contributed by atoms with van der Waals surface area (Å²) >= 11 is 0. The lowest BCUT2D eigenvalue weighted by molar-refractivity contribution is 0.483. The summed E-state index contributed by atoms with van der Waals surface area (Å²) in [7, 11) is -4.30. The van der Waals surface area contributed by atoms with Crippen LogP contribution in [0.2, 0.25) is 0 Å². The van der Waals surface area contributed by atoms with Gasteiger partial charge in [-0.2, -0.15) is 13.5 Å². The van der Waals surface area contributed by atoms with Crippen LogP contribution in [0.3, 0.4) is 0 Å². The first kappa shape index (κ1) is 21.5. The molecule has 0 heterocycles. The average Bonchev–Trinajstić information content (AvgIpc) is 2.74. The molecule has 4 aromatic carbocycles. The van der Waals surface area contributed by atoms with E-state index in [0.717, 1.165) is 27.9 Å². The van der Waals surface area contributed by atoms with Crippen LogP contribution in [0.1, 0.15) is 12.6 Å². The van der Waals surface area contributed by atoms with Crippen LogP contribution in [0.4, 0.5) is 22.7 Å². The van der Waals surface area contributed by atoms with Crippen molar-refractivity contribution >= 4 is 43.6 Å². The Kier molecular flexibility index (Phi) is 5.41. The smallest absolute Gasteiger partial charge is 0.294 e. The molecule has 0 amide bonds. The minimum Gasteiger partial charge on any atom is -0.399 e. The summed E-state index contributed by atoms with van der Waals surface area (Å²) in [6.07, 6.45) is 0. The maximum atomic E-state index is 11.4. The quantitative estimate of drug-likeness (QED) is 0.194. The van der Waals surface area contributed by atoms with Gasteiger partial charge in [-0.1, -0.05) is 24.3 Å². The van der Waals surface area contributed by atoms with Crippen molar-refractivity contribution in [3.63, 3.8) is 0 Å². The number of benzene rings is 4. The van der Waals surface area contributed by atoms with E-state index in [9.17, 15) is 13.0 Å². The second-order valence-corrected chi connectivity index (χ2v) is 9.06. The normalized spacial score (nSPS) is 12.0. The molecule has 0 aliphatic rings. The topological polar surface area (TPSA) is 131 Å². The van der Waals surface area contributed by atoms with E-state index >= 15 is 0 Å². The predicted octanol–water partition coefficient (Wildman–Crippen LogP) is 6.20. The van der Waals surface area contributed by atoms with Gasteiger partial charge < -0.3 is 11.5 Å². The largest absolute Gasteiger partial charge is 0.399 e. The van der Waals surface area contributed by atoms with Crippen molar-refractivity contribution in [2.45, 2.75) is 18.7 Å². The first-order chi connectivity index (χ1) is 15.1. The molecule has 4 rings (SSSR count). The van der Waals surface area contributed by atoms with Gasteiger partial charge in [0, 0.05) is 12.5 Å². The van der Waals surface area contributed by atoms with E-state index in [1.807, 2.05) is 50.2 Å². The molecule has 0 aliphatic heterocycles. The number of nitrogens with two attached hydrogens (primary N) is 2. The van der Waals surface area contributed by atoms with Crippen LogP contribution < -0.4 is 11.5 Å². The van der Waals surface area contributed by atoms with Crippen LogP contribution in [0.15, 0.2) is 81.9 Å². The minimum atomic E-state index is -4.30. The van der Waals surface area contributed by atoms with Crippen molar-refractivity contribution in [2.24, 2.45) is 10.2 Å². The average molecular weight is 449 g/mol. The fourth-order valence-corrected chi connectivity index (χ4v) is 4.00. The fraction of sp³-hybridized carbons (Fsp3) is 0.0833. The number of hydrogen-bond donors (Lipinski definition) is 3. The number of hydrogen-bond acceptors (Lipinski definition) is 6. The molecule has 0 atom stereocenters. The third kappa shape index (κ3) is 4.18. The van der Waals surface area contributed by atoms with E-state index in [4.69, 9.17) is 11.5 Å². The maximum Gasteiger partial charge on any atom is 0.294 e. The first-order valence-corrected chi connectivity index (χ1v) is 11.3. The zero-order valence-electron chi connectivity index (χ0n) is 17.6. The Morgan fingerprint density at radius 2 is 1.44 bits per heavy atom. The minimum absolute atomic E-state index is 0. The number of fused-ring (bicyclic) bond motifs is 1. The van der Waals surface area contributed by atoms with Gasteiger partial charge in [0.15, 0.2) is 0 Å². The predicted molar refractivity (Wildman–Crippen MR) is 130 cm³/mol. The van der Waals surface area contributed by atoms with Gasteiger partial charge in [-0.15, -0.1) is 5.11 Å². The van der Waals surface area contributed by atoms with Gasteiger partial charge in [-0.25, -0.2) is 0 Å². The Bertz CT molecular complexity index is 1500. The number of anilines is 2. The van der Waals surface area contributed by atoms with E-state index in [-0.39, 0.29) is 6.32 Å². The third-order valence-electron chi connectivity index (χ3n) is 5.35. The number of rotatable bonds is 4. The summed E-state index contributed by atoms with van der Waals surface area (Å²) < 4.78 is 32.1. The Morgan fingerprint density at radius 1 is 0.781 bits per heavy atom. The van der Waals surface area contributed by atoms with E-state index < -0.39 is 10.1 Å². The van der Waals surface area contributed by atoms with Crippen LogP contribution in [-0.2, 0) is 10.1 Å². The van der Waals surface area contributed by atoms with E-state index in [0.29, 0.717) is 27.8 Å². The van der Waals surface area contributed by atoms with Crippen molar-refractivity contribution in [3.8, 4) is 11.1 Å². The van der Waals surface area contributed by atoms with Crippen molar-refractivity contribution in [1.82, 2.24) is 0 Å². The molecular formula is C24H24N4O3S. The zero-order chi connectivity index (χ0) is 23.0. The Hall–Kier alpha value is -3.75. The van der Waals surface area contributed by atoms with Gasteiger partial charge in [-0.3, -0.25) is 4.55 Å². The number of nitrogens with zero attached hydrogens (tertiary/aromatic N) is 2. The lowest BCUT2D eigenvalue weighted by Gasteiger charge is -2.09. The number of azo groups is 1. The maximum absolute atomic E-state index is 11.4. The molecule has 164 valence electrons. The molecule has 0 unspecified atom stereocenters. The monoisotopic (exact) mass is 448 g/mol. The van der Waals surface area contributed by atoms with Crippen LogP contribution >= 0.6 is 0 Å². The standard InChI is InChI=1S/C24H22N4O3S.H2/c1-14-11-16(3-8-21(14)25)17-5-10-23(15(2)12-17)27-28-24-20-7-6-19(32(29,30)31)13-18(20)4-9-22(24)26;/h3-13H,25-26H2,1-2H3,(H,29,30,31);1H. The molecule has 0 saturated carbocycles. The molecule has 8 heteroatoms. The number of aryl methyl sites for hydroxylation is 2. The van der Waals surface area contributed by atoms with Crippen molar-refractivity contribution in [3.05, 3.63) is 77.9 Å². The third-order valence-corrected chi connectivity index (χ3v) is 6.20. The Labute approximate surface area is 187 Å². The molecule has 0 saturated heterocycles. The van der Waals surface area contributed by atoms with Crippen LogP contribution in [0.5, 0.6) is 0 Å². The van der Waals surface area contributed by atoms with Crippen LogP contribution in [0.25, 0.3) is 21.9 Å². The molecule has 32 heavy (non-hydrogen) atoms. The van der Waals surface area contributed by atoms with Crippen molar-refractivity contribution < 1.29 is 14.4 Å². The van der Waals surface area contributed by atoms with Crippen molar-refractivity contribution in [1.29, 1.82) is 0 Å². The van der Waals surface area contributed by atoms with Gasteiger partial charge in [0.25, 0.3) is 10.1 Å². The molecule has 7 nitrogen and oxygen atoms in total. The molecule has 0 radical (unpaired) electrons. The second-order valence-electron chi connectivity index (χ2n) is 7.63. The summed E-state index contributed by atoms with van der Waals surface area (Å²) in [5.74, 6) is 0. The lowest BCUT2D eigenvalue weighted by atomic mass is 10.0. The molecule has 0 fully saturated rings. The van der Waals surface area contributed by atoms with Gasteiger partial charge in [0.1, 0.15) is 5.69 Å². The van der Waals surface area contributed by atoms with E-state index in [2.05, 4.69) is 10.2 Å². The molecule has 0 aliphatic carbocycles. The summed E-state index contributed by atoms with van der Waals surface area (Å²) in [6.45, 7) is 3.93. The second kappa shape index (κ2) is 8.07. The van der Waals surface area contributed by atoms with Crippen LogP contribution in [-0.4, -0.2) is 13.0 Å². The highest BCUT2D eigenvalue weighted by Gasteiger charge is 2.13. The summed E-state index contributed by atoms with van der Waals surface area (Å²) in [5.41, 5.74) is 18.4. The Balaban J connectivity index is 0.00000306. The SMILES string of the molecule is Cc1cc(-c2ccc(N=Nc3c(N)ccc4cc(S(=O)(=O)O)ccc34)c(C)c2)ccc1N.[HH]. The van der Waals surface area contributed by atoms with Crippen LogP contribution in [0, 0.1) is 13.8 Å². The summed E-state index contributed by atoms with van der Waals surface area (Å²) in [5, 5.41) is 9.95. The molecule has 0 aromatic heterocycles. The molecule has 5 N–H and O–H groups in total. The van der Waals surface area contributed by atoms with E-state index in [1.165, 1.54) is 12.1 Å². The van der Waals surface area contributed by atoms with Gasteiger partial charge in [0.05, 0.1) is 16.3 Å². The highest BCUT2D eigenvalue weighted by molar-refractivity contribution is 7.85. The highest BCUT2D eigenvalue weighted by Crippen LogP contribution is 2.35. The first-order valence-electron chi connectivity index (χ1n) is 9.82. The fourth-order valence-electron chi connectivity index (χ4n) is 3.49. The van der Waals surface area contributed by atoms with Gasteiger partial charge >= 0.3 is 0 Å².